The van der Waals surface area contributed by atoms with Crippen molar-refractivity contribution >= 4 is 17.4 Å². The second-order valence-corrected chi connectivity index (χ2v) is 6.49. The molecule has 27 heavy (non-hydrogen) atoms. The van der Waals surface area contributed by atoms with Crippen LogP contribution in [0, 0.1) is 6.92 Å². The molecule has 0 bridgehead atoms. The number of nitrogens with zero attached hydrogens (tertiary/aromatic N) is 4. The van der Waals surface area contributed by atoms with Crippen LogP contribution >= 0.6 is 0 Å². The number of anilines is 2. The molecule has 0 spiro atoms. The van der Waals surface area contributed by atoms with Crippen molar-refractivity contribution in [3.8, 4) is 0 Å². The first-order chi connectivity index (χ1) is 13.1. The van der Waals surface area contributed by atoms with Crippen LogP contribution in [-0.4, -0.2) is 29.5 Å². The molecular weight excluding hydrogens is 336 g/mol. The number of hydrogen-bond donors (Lipinski definition) is 0. The average molecular weight is 360 g/mol. The molecular formula is C22H24N4O. The van der Waals surface area contributed by atoms with Crippen molar-refractivity contribution in [2.75, 3.05) is 23.4 Å². The SMILES string of the molecule is CCN(C(=O)c1cc(N(C)Cc2ccccc2)ncn1)c1cccc(C)c1. The molecule has 0 fully saturated rings. The van der Waals surface area contributed by atoms with Gasteiger partial charge in [0.05, 0.1) is 0 Å². The Hall–Kier alpha value is -3.21. The van der Waals surface area contributed by atoms with Gasteiger partial charge in [0.15, 0.2) is 0 Å². The van der Waals surface area contributed by atoms with Crippen molar-refractivity contribution in [1.82, 2.24) is 9.97 Å². The van der Waals surface area contributed by atoms with Crippen LogP contribution in [0.4, 0.5) is 11.5 Å². The van der Waals surface area contributed by atoms with Gasteiger partial charge in [-0.1, -0.05) is 42.5 Å². The normalized spacial score (nSPS) is 10.5. The Morgan fingerprint density at radius 3 is 2.48 bits per heavy atom. The average Bonchev–Trinajstić information content (AvgIpc) is 2.69. The van der Waals surface area contributed by atoms with E-state index in [9.17, 15) is 4.79 Å². The lowest BCUT2D eigenvalue weighted by atomic mass is 10.2. The molecule has 3 rings (SSSR count). The molecule has 0 radical (unpaired) electrons. The molecule has 5 nitrogen and oxygen atoms in total. The van der Waals surface area contributed by atoms with Gasteiger partial charge in [-0.2, -0.15) is 0 Å². The van der Waals surface area contributed by atoms with E-state index >= 15 is 0 Å². The van der Waals surface area contributed by atoms with E-state index in [0.29, 0.717) is 18.8 Å². The van der Waals surface area contributed by atoms with Gasteiger partial charge in [0.1, 0.15) is 17.8 Å². The molecule has 0 N–H and O–H groups in total. The number of aryl methyl sites for hydroxylation is 1. The highest BCUT2D eigenvalue weighted by Crippen LogP contribution is 2.19. The molecule has 2 aromatic carbocycles. The minimum atomic E-state index is -0.125. The fraction of sp³-hybridized carbons (Fsp3) is 0.227. The van der Waals surface area contributed by atoms with E-state index in [2.05, 4.69) is 22.1 Å². The lowest BCUT2D eigenvalue weighted by Gasteiger charge is -2.22. The molecule has 0 saturated heterocycles. The van der Waals surface area contributed by atoms with Crippen molar-refractivity contribution in [3.63, 3.8) is 0 Å². The van der Waals surface area contributed by atoms with Crippen molar-refractivity contribution < 1.29 is 4.79 Å². The predicted octanol–water partition coefficient (Wildman–Crippen LogP) is 4.09. The van der Waals surface area contributed by atoms with Crippen LogP contribution in [0.1, 0.15) is 28.5 Å². The zero-order valence-corrected chi connectivity index (χ0v) is 16.0. The van der Waals surface area contributed by atoms with Crippen molar-refractivity contribution in [1.29, 1.82) is 0 Å². The van der Waals surface area contributed by atoms with Crippen LogP contribution < -0.4 is 9.80 Å². The zero-order chi connectivity index (χ0) is 19.2. The van der Waals surface area contributed by atoms with E-state index in [1.165, 1.54) is 11.9 Å². The summed E-state index contributed by atoms with van der Waals surface area (Å²) in [5.41, 5.74) is 3.56. The van der Waals surface area contributed by atoms with Gasteiger partial charge in [0, 0.05) is 31.9 Å². The Morgan fingerprint density at radius 1 is 1.00 bits per heavy atom. The summed E-state index contributed by atoms with van der Waals surface area (Å²) in [5.74, 6) is 0.595. The predicted molar refractivity (Wildman–Crippen MR) is 109 cm³/mol. The Morgan fingerprint density at radius 2 is 1.78 bits per heavy atom. The fourth-order valence-corrected chi connectivity index (χ4v) is 2.99. The van der Waals surface area contributed by atoms with E-state index in [-0.39, 0.29) is 5.91 Å². The van der Waals surface area contributed by atoms with Gasteiger partial charge in [-0.3, -0.25) is 4.79 Å². The number of amides is 1. The molecule has 0 atom stereocenters. The molecule has 0 unspecified atom stereocenters. The van der Waals surface area contributed by atoms with E-state index in [1.807, 2.05) is 68.3 Å². The molecule has 5 heteroatoms. The van der Waals surface area contributed by atoms with Crippen LogP contribution in [0.3, 0.4) is 0 Å². The molecule has 0 aliphatic heterocycles. The summed E-state index contributed by atoms with van der Waals surface area (Å²) in [6.45, 7) is 5.26. The Bertz CT molecular complexity index is 911. The molecule has 138 valence electrons. The lowest BCUT2D eigenvalue weighted by molar-refractivity contribution is 0.0983. The fourth-order valence-electron chi connectivity index (χ4n) is 2.99. The molecule has 1 amide bonds. The Labute approximate surface area is 160 Å². The second-order valence-electron chi connectivity index (χ2n) is 6.49. The summed E-state index contributed by atoms with van der Waals surface area (Å²) < 4.78 is 0. The van der Waals surface area contributed by atoms with E-state index < -0.39 is 0 Å². The number of benzene rings is 2. The monoisotopic (exact) mass is 360 g/mol. The number of hydrogen-bond acceptors (Lipinski definition) is 4. The molecule has 0 saturated carbocycles. The molecule has 1 aromatic heterocycles. The van der Waals surface area contributed by atoms with Crippen molar-refractivity contribution in [3.05, 3.63) is 83.8 Å². The first-order valence-electron chi connectivity index (χ1n) is 9.04. The quantitative estimate of drug-likeness (QED) is 0.664. The van der Waals surface area contributed by atoms with Crippen molar-refractivity contribution in [2.24, 2.45) is 0 Å². The van der Waals surface area contributed by atoms with Gasteiger partial charge in [0.25, 0.3) is 5.91 Å². The summed E-state index contributed by atoms with van der Waals surface area (Å²) in [4.78, 5) is 25.3. The third-order valence-electron chi connectivity index (χ3n) is 4.40. The standard InChI is InChI=1S/C22H24N4O/c1-4-26(19-12-8-9-17(2)13-19)22(27)20-14-21(24-16-23-20)25(3)15-18-10-6-5-7-11-18/h5-14,16H,4,15H2,1-3H3. The smallest absolute Gasteiger partial charge is 0.277 e. The summed E-state index contributed by atoms with van der Waals surface area (Å²) in [5, 5.41) is 0. The summed E-state index contributed by atoms with van der Waals surface area (Å²) >= 11 is 0. The minimum Gasteiger partial charge on any atom is -0.355 e. The summed E-state index contributed by atoms with van der Waals surface area (Å²) in [6.07, 6.45) is 1.45. The maximum atomic E-state index is 13.0. The molecule has 1 heterocycles. The van der Waals surface area contributed by atoms with Crippen LogP contribution in [0.25, 0.3) is 0 Å². The van der Waals surface area contributed by atoms with Crippen LogP contribution in [-0.2, 0) is 6.54 Å². The number of rotatable bonds is 6. The highest BCUT2D eigenvalue weighted by molar-refractivity contribution is 6.05. The molecule has 3 aromatic rings. The van der Waals surface area contributed by atoms with Gasteiger partial charge in [-0.05, 0) is 37.1 Å². The van der Waals surface area contributed by atoms with Crippen LogP contribution in [0.15, 0.2) is 67.0 Å². The highest BCUT2D eigenvalue weighted by atomic mass is 16.2. The first-order valence-corrected chi connectivity index (χ1v) is 9.04. The van der Waals surface area contributed by atoms with E-state index in [4.69, 9.17) is 0 Å². The largest absolute Gasteiger partial charge is 0.355 e. The number of carbonyl (C=O) groups is 1. The number of aromatic nitrogens is 2. The van der Waals surface area contributed by atoms with Gasteiger partial charge < -0.3 is 9.80 Å². The van der Waals surface area contributed by atoms with E-state index in [1.54, 1.807) is 11.0 Å². The van der Waals surface area contributed by atoms with Gasteiger partial charge in [-0.25, -0.2) is 9.97 Å². The third-order valence-corrected chi connectivity index (χ3v) is 4.40. The highest BCUT2D eigenvalue weighted by Gasteiger charge is 2.19. The van der Waals surface area contributed by atoms with E-state index in [0.717, 1.165) is 17.1 Å². The number of carbonyl (C=O) groups excluding carboxylic acids is 1. The maximum Gasteiger partial charge on any atom is 0.277 e. The first kappa shape index (κ1) is 18.6. The van der Waals surface area contributed by atoms with Gasteiger partial charge in [-0.15, -0.1) is 0 Å². The van der Waals surface area contributed by atoms with Gasteiger partial charge in [0.2, 0.25) is 0 Å². The lowest BCUT2D eigenvalue weighted by Crippen LogP contribution is -2.31. The third kappa shape index (κ3) is 4.50. The molecule has 0 aliphatic rings. The Balaban J connectivity index is 1.82. The summed E-state index contributed by atoms with van der Waals surface area (Å²) in [7, 11) is 1.96. The van der Waals surface area contributed by atoms with Gasteiger partial charge >= 0.3 is 0 Å². The van der Waals surface area contributed by atoms with Crippen LogP contribution in [0.5, 0.6) is 0 Å². The van der Waals surface area contributed by atoms with Crippen molar-refractivity contribution in [2.45, 2.75) is 20.4 Å². The zero-order valence-electron chi connectivity index (χ0n) is 16.0. The molecule has 0 aliphatic carbocycles. The summed E-state index contributed by atoms with van der Waals surface area (Å²) in [6, 6.07) is 19.8. The topological polar surface area (TPSA) is 49.3 Å². The minimum absolute atomic E-state index is 0.125. The van der Waals surface area contributed by atoms with Crippen LogP contribution in [0.2, 0.25) is 0 Å². The maximum absolute atomic E-state index is 13.0. The Kier molecular flexibility index (Phi) is 5.81. The second kappa shape index (κ2) is 8.45.